The van der Waals surface area contributed by atoms with E-state index in [2.05, 4.69) is 5.32 Å². The number of hydrogen-bond donors (Lipinski definition) is 1. The van der Waals surface area contributed by atoms with Crippen molar-refractivity contribution >= 4 is 5.91 Å². The fourth-order valence-electron chi connectivity index (χ4n) is 3.73. The molecule has 1 heterocycles. The predicted octanol–water partition coefficient (Wildman–Crippen LogP) is 5.24. The van der Waals surface area contributed by atoms with Gasteiger partial charge in [0.1, 0.15) is 11.6 Å². The first-order chi connectivity index (χ1) is 16.0. The normalized spacial score (nSPS) is 10.8. The molecule has 3 aromatic carbocycles. The Labute approximate surface area is 192 Å². The number of rotatable bonds is 8. The average Bonchev–Trinajstić information content (AvgIpc) is 3.26. The molecule has 168 valence electrons. The number of halogens is 1. The maximum Gasteiger partial charge on any atom is 0.220 e. The van der Waals surface area contributed by atoms with Gasteiger partial charge in [0.2, 0.25) is 5.91 Å². The molecule has 0 aliphatic rings. The van der Waals surface area contributed by atoms with Crippen molar-refractivity contribution in [3.8, 4) is 22.7 Å². The van der Waals surface area contributed by atoms with E-state index in [1.54, 1.807) is 7.11 Å². The second kappa shape index (κ2) is 10.1. The van der Waals surface area contributed by atoms with Crippen molar-refractivity contribution in [2.45, 2.75) is 26.3 Å². The largest absolute Gasteiger partial charge is 0.497 e. The van der Waals surface area contributed by atoms with Crippen LogP contribution in [0.2, 0.25) is 0 Å². The van der Waals surface area contributed by atoms with Crippen LogP contribution in [0.4, 0.5) is 4.39 Å². The highest BCUT2D eigenvalue weighted by Gasteiger charge is 2.13. The molecule has 1 amide bonds. The molecule has 0 unspecified atom stereocenters. The summed E-state index contributed by atoms with van der Waals surface area (Å²) in [5.41, 5.74) is 5.30. The van der Waals surface area contributed by atoms with E-state index >= 15 is 0 Å². The zero-order valence-electron chi connectivity index (χ0n) is 18.7. The van der Waals surface area contributed by atoms with Gasteiger partial charge in [-0.3, -0.25) is 4.79 Å². The maximum absolute atomic E-state index is 13.6. The predicted molar refractivity (Wildman–Crippen MR) is 127 cm³/mol. The molecule has 0 bridgehead atoms. The second-order valence-corrected chi connectivity index (χ2v) is 7.91. The molecule has 0 radical (unpaired) electrons. The van der Waals surface area contributed by atoms with Gasteiger partial charge in [-0.1, -0.05) is 36.4 Å². The van der Waals surface area contributed by atoms with Crippen LogP contribution in [0.15, 0.2) is 78.9 Å². The third-order valence-electron chi connectivity index (χ3n) is 5.35. The number of amides is 1. The molecular formula is C27H26FN3O2. The van der Waals surface area contributed by atoms with Crippen LogP contribution in [0.25, 0.3) is 16.9 Å². The third-order valence-corrected chi connectivity index (χ3v) is 5.35. The minimum absolute atomic E-state index is 0.0998. The number of nitrogens with zero attached hydrogens (tertiary/aromatic N) is 2. The fourth-order valence-corrected chi connectivity index (χ4v) is 3.73. The van der Waals surface area contributed by atoms with E-state index in [0.717, 1.165) is 39.5 Å². The Hall–Kier alpha value is -3.93. The Morgan fingerprint density at radius 1 is 1.03 bits per heavy atom. The fraction of sp³-hybridized carbons (Fsp3) is 0.185. The first kappa shape index (κ1) is 22.3. The topological polar surface area (TPSA) is 56.2 Å². The van der Waals surface area contributed by atoms with Crippen LogP contribution in [0.1, 0.15) is 23.2 Å². The molecule has 4 rings (SSSR count). The van der Waals surface area contributed by atoms with E-state index in [0.29, 0.717) is 19.4 Å². The number of hydrogen-bond acceptors (Lipinski definition) is 3. The minimum Gasteiger partial charge on any atom is -0.497 e. The average molecular weight is 444 g/mol. The number of methoxy groups -OCH3 is 1. The van der Waals surface area contributed by atoms with Crippen LogP contribution in [0, 0.1) is 12.7 Å². The summed E-state index contributed by atoms with van der Waals surface area (Å²) in [4.78, 5) is 12.4. The van der Waals surface area contributed by atoms with Crippen LogP contribution in [0.3, 0.4) is 0 Å². The smallest absolute Gasteiger partial charge is 0.220 e. The van der Waals surface area contributed by atoms with Gasteiger partial charge in [-0.05, 0) is 60.5 Å². The maximum atomic E-state index is 13.6. The van der Waals surface area contributed by atoms with Crippen molar-refractivity contribution in [3.05, 3.63) is 102 Å². The minimum atomic E-state index is -0.295. The highest BCUT2D eigenvalue weighted by Crippen LogP contribution is 2.25. The number of carbonyl (C=O) groups is 1. The van der Waals surface area contributed by atoms with Crippen LogP contribution in [-0.2, 0) is 17.8 Å². The standard InChI is InChI=1S/C27H26FN3O2/c1-19-14-20(16-22(28)15-19)18-29-27(32)13-8-23-17-26(21-6-4-3-5-7-21)31(30-23)24-9-11-25(33-2)12-10-24/h3-7,9-12,14-17H,8,13,18H2,1-2H3,(H,29,32). The summed E-state index contributed by atoms with van der Waals surface area (Å²) >= 11 is 0. The van der Waals surface area contributed by atoms with E-state index in [1.165, 1.54) is 12.1 Å². The highest BCUT2D eigenvalue weighted by atomic mass is 19.1. The van der Waals surface area contributed by atoms with Crippen molar-refractivity contribution in [1.29, 1.82) is 0 Å². The van der Waals surface area contributed by atoms with Crippen molar-refractivity contribution in [2.24, 2.45) is 0 Å². The summed E-state index contributed by atoms with van der Waals surface area (Å²) in [6, 6.07) is 24.5. The summed E-state index contributed by atoms with van der Waals surface area (Å²) in [6.45, 7) is 2.13. The molecule has 1 aromatic heterocycles. The Morgan fingerprint density at radius 2 is 1.79 bits per heavy atom. The van der Waals surface area contributed by atoms with Gasteiger partial charge in [0.25, 0.3) is 0 Å². The van der Waals surface area contributed by atoms with E-state index in [1.807, 2.05) is 78.3 Å². The molecule has 0 atom stereocenters. The molecule has 0 fully saturated rings. The van der Waals surface area contributed by atoms with Gasteiger partial charge >= 0.3 is 0 Å². The van der Waals surface area contributed by atoms with Gasteiger partial charge in [0.15, 0.2) is 0 Å². The Bertz CT molecular complexity index is 1210. The van der Waals surface area contributed by atoms with Crippen molar-refractivity contribution in [3.63, 3.8) is 0 Å². The van der Waals surface area contributed by atoms with Gasteiger partial charge < -0.3 is 10.1 Å². The third kappa shape index (κ3) is 5.66. The molecule has 4 aromatic rings. The Kier molecular flexibility index (Phi) is 6.83. The zero-order valence-corrected chi connectivity index (χ0v) is 18.7. The first-order valence-electron chi connectivity index (χ1n) is 10.8. The zero-order chi connectivity index (χ0) is 23.2. The van der Waals surface area contributed by atoms with E-state index in [4.69, 9.17) is 9.84 Å². The van der Waals surface area contributed by atoms with Gasteiger partial charge in [-0.2, -0.15) is 5.10 Å². The summed E-state index contributed by atoms with van der Waals surface area (Å²) in [5, 5.41) is 7.64. The summed E-state index contributed by atoms with van der Waals surface area (Å²) < 4.78 is 20.7. The van der Waals surface area contributed by atoms with Gasteiger partial charge in [0.05, 0.1) is 24.2 Å². The van der Waals surface area contributed by atoms with E-state index in [9.17, 15) is 9.18 Å². The molecule has 0 saturated heterocycles. The van der Waals surface area contributed by atoms with Crippen LogP contribution < -0.4 is 10.1 Å². The van der Waals surface area contributed by atoms with Gasteiger partial charge in [-0.15, -0.1) is 0 Å². The highest BCUT2D eigenvalue weighted by molar-refractivity contribution is 5.76. The summed E-state index contributed by atoms with van der Waals surface area (Å²) in [6.07, 6.45) is 0.791. The SMILES string of the molecule is COc1ccc(-n2nc(CCC(=O)NCc3cc(C)cc(F)c3)cc2-c2ccccc2)cc1. The molecule has 5 nitrogen and oxygen atoms in total. The molecule has 33 heavy (non-hydrogen) atoms. The summed E-state index contributed by atoms with van der Waals surface area (Å²) in [7, 11) is 1.64. The lowest BCUT2D eigenvalue weighted by molar-refractivity contribution is -0.121. The van der Waals surface area contributed by atoms with Crippen molar-refractivity contribution in [2.75, 3.05) is 7.11 Å². The van der Waals surface area contributed by atoms with Crippen molar-refractivity contribution in [1.82, 2.24) is 15.1 Å². The number of aromatic nitrogens is 2. The molecule has 0 saturated carbocycles. The van der Waals surface area contributed by atoms with Gasteiger partial charge in [0, 0.05) is 24.9 Å². The van der Waals surface area contributed by atoms with E-state index in [-0.39, 0.29) is 11.7 Å². The van der Waals surface area contributed by atoms with Crippen molar-refractivity contribution < 1.29 is 13.9 Å². The number of aryl methyl sites for hydroxylation is 2. The molecule has 0 aliphatic carbocycles. The van der Waals surface area contributed by atoms with Crippen LogP contribution in [-0.4, -0.2) is 22.8 Å². The van der Waals surface area contributed by atoms with Gasteiger partial charge in [-0.25, -0.2) is 9.07 Å². The summed E-state index contributed by atoms with van der Waals surface area (Å²) in [5.74, 6) is 0.381. The monoisotopic (exact) mass is 443 g/mol. The molecular weight excluding hydrogens is 417 g/mol. The number of carbonyl (C=O) groups excluding carboxylic acids is 1. The van der Waals surface area contributed by atoms with Crippen LogP contribution in [0.5, 0.6) is 5.75 Å². The molecule has 0 aliphatic heterocycles. The Morgan fingerprint density at radius 3 is 2.48 bits per heavy atom. The number of benzene rings is 3. The van der Waals surface area contributed by atoms with E-state index < -0.39 is 0 Å². The molecule has 6 heteroatoms. The lowest BCUT2D eigenvalue weighted by Gasteiger charge is -2.08. The Balaban J connectivity index is 1.48. The quantitative estimate of drug-likeness (QED) is 0.405. The lowest BCUT2D eigenvalue weighted by atomic mass is 10.1. The van der Waals surface area contributed by atoms with Crippen LogP contribution >= 0.6 is 0 Å². The molecule has 1 N–H and O–H groups in total. The number of nitrogens with one attached hydrogen (secondary N) is 1. The lowest BCUT2D eigenvalue weighted by Crippen LogP contribution is -2.23. The molecule has 0 spiro atoms. The number of ether oxygens (including phenoxy) is 1. The first-order valence-corrected chi connectivity index (χ1v) is 10.8. The second-order valence-electron chi connectivity index (χ2n) is 7.91.